The largest absolute Gasteiger partial charge is 0.459 e. The first kappa shape index (κ1) is 22.2. The van der Waals surface area contributed by atoms with Gasteiger partial charge < -0.3 is 10.1 Å². The van der Waals surface area contributed by atoms with Crippen LogP contribution in [0.15, 0.2) is 5.03 Å². The quantitative estimate of drug-likeness (QED) is 0.404. The fraction of sp³-hybridized carbons (Fsp3) is 0.476. The Morgan fingerprint density at radius 1 is 1.27 bits per heavy atom. The van der Waals surface area contributed by atoms with Gasteiger partial charge in [-0.2, -0.15) is 5.26 Å². The summed E-state index contributed by atoms with van der Waals surface area (Å²) in [5.41, 5.74) is 2.48. The van der Waals surface area contributed by atoms with Crippen molar-refractivity contribution in [1.82, 2.24) is 9.97 Å². The number of nitrogens with one attached hydrogen (secondary N) is 1. The number of anilines is 1. The highest BCUT2D eigenvalue weighted by atomic mass is 32.2. The minimum Gasteiger partial charge on any atom is -0.459 e. The van der Waals surface area contributed by atoms with Crippen LogP contribution in [0.4, 0.5) is 5.00 Å². The number of carbonyl (C=O) groups is 2. The van der Waals surface area contributed by atoms with Crippen molar-refractivity contribution >= 4 is 40.0 Å². The van der Waals surface area contributed by atoms with E-state index in [0.717, 1.165) is 36.1 Å². The van der Waals surface area contributed by atoms with E-state index < -0.39 is 0 Å². The molecule has 2 heterocycles. The van der Waals surface area contributed by atoms with Gasteiger partial charge in [0.25, 0.3) is 0 Å². The molecule has 30 heavy (non-hydrogen) atoms. The first-order chi connectivity index (χ1) is 14.3. The van der Waals surface area contributed by atoms with Crippen molar-refractivity contribution in [2.45, 2.75) is 64.5 Å². The number of carbonyl (C=O) groups excluding carboxylic acids is 2. The second-order valence-corrected chi connectivity index (χ2v) is 9.42. The van der Waals surface area contributed by atoms with Crippen LogP contribution in [0.5, 0.6) is 0 Å². The van der Waals surface area contributed by atoms with Gasteiger partial charge in [-0.05, 0) is 58.9 Å². The highest BCUT2D eigenvalue weighted by Gasteiger charge is 2.28. The average molecular weight is 445 g/mol. The summed E-state index contributed by atoms with van der Waals surface area (Å²) in [5.74, 6) is -0.0125. The lowest BCUT2D eigenvalue weighted by molar-refractivity contribution is -0.113. The molecular weight excluding hydrogens is 420 g/mol. The number of rotatable bonds is 6. The molecule has 9 heteroatoms. The molecule has 0 unspecified atom stereocenters. The maximum Gasteiger partial charge on any atom is 0.341 e. The van der Waals surface area contributed by atoms with Crippen LogP contribution in [-0.2, 0) is 22.4 Å². The number of hydrogen-bond acceptors (Lipinski definition) is 8. The fourth-order valence-corrected chi connectivity index (χ4v) is 5.52. The normalized spacial score (nSPS) is 12.9. The van der Waals surface area contributed by atoms with Crippen LogP contribution in [0.1, 0.15) is 64.6 Å². The van der Waals surface area contributed by atoms with Crippen LogP contribution in [-0.4, -0.2) is 33.7 Å². The zero-order valence-corrected chi connectivity index (χ0v) is 19.1. The molecule has 0 aromatic carbocycles. The lowest BCUT2D eigenvalue weighted by Gasteiger charge is -2.14. The Kier molecular flexibility index (Phi) is 7.10. The monoisotopic (exact) mass is 444 g/mol. The zero-order valence-electron chi connectivity index (χ0n) is 17.5. The van der Waals surface area contributed by atoms with Gasteiger partial charge in [0, 0.05) is 4.88 Å². The third-order valence-corrected chi connectivity index (χ3v) is 6.77. The third-order valence-electron chi connectivity index (χ3n) is 4.59. The molecule has 7 nitrogen and oxygen atoms in total. The molecule has 0 spiro atoms. The Hall–Kier alpha value is -2.44. The molecule has 1 N–H and O–H groups in total. The Balaban J connectivity index is 1.78. The van der Waals surface area contributed by atoms with E-state index in [1.54, 1.807) is 13.8 Å². The van der Waals surface area contributed by atoms with Crippen LogP contribution in [0.25, 0.3) is 0 Å². The summed E-state index contributed by atoms with van der Waals surface area (Å²) < 4.78 is 5.43. The molecule has 1 aliphatic carbocycles. The molecule has 0 fully saturated rings. The first-order valence-electron chi connectivity index (χ1n) is 9.83. The fourth-order valence-electron chi connectivity index (χ4n) is 3.35. The lowest BCUT2D eigenvalue weighted by Crippen LogP contribution is -2.19. The van der Waals surface area contributed by atoms with E-state index in [-0.39, 0.29) is 23.7 Å². The number of nitriles is 1. The number of esters is 1. The van der Waals surface area contributed by atoms with E-state index in [9.17, 15) is 14.9 Å². The van der Waals surface area contributed by atoms with Crippen molar-refractivity contribution in [2.24, 2.45) is 0 Å². The lowest BCUT2D eigenvalue weighted by atomic mass is 9.95. The molecule has 3 rings (SSSR count). The van der Waals surface area contributed by atoms with Crippen LogP contribution in [0.2, 0.25) is 0 Å². The number of aryl methyl sites for hydroxylation is 3. The number of aromatic nitrogens is 2. The van der Waals surface area contributed by atoms with Crippen molar-refractivity contribution in [3.8, 4) is 6.07 Å². The highest BCUT2D eigenvalue weighted by Crippen LogP contribution is 2.39. The van der Waals surface area contributed by atoms with Crippen molar-refractivity contribution in [3.63, 3.8) is 0 Å². The molecule has 1 amide bonds. The molecule has 0 atom stereocenters. The molecule has 2 aromatic heterocycles. The van der Waals surface area contributed by atoms with Gasteiger partial charge in [-0.3, -0.25) is 4.79 Å². The summed E-state index contributed by atoms with van der Waals surface area (Å²) in [5, 5.41) is 13.3. The Bertz CT molecular complexity index is 1020. The molecule has 0 saturated carbocycles. The van der Waals surface area contributed by atoms with Crippen LogP contribution >= 0.6 is 23.1 Å². The average Bonchev–Trinajstić information content (AvgIpc) is 3.03. The highest BCUT2D eigenvalue weighted by molar-refractivity contribution is 8.00. The van der Waals surface area contributed by atoms with Crippen LogP contribution < -0.4 is 5.32 Å². The summed E-state index contributed by atoms with van der Waals surface area (Å²) >= 11 is 2.65. The van der Waals surface area contributed by atoms with Gasteiger partial charge in [0.15, 0.2) is 0 Å². The summed E-state index contributed by atoms with van der Waals surface area (Å²) in [6.45, 7) is 7.12. The van der Waals surface area contributed by atoms with E-state index in [1.165, 1.54) is 23.1 Å². The van der Waals surface area contributed by atoms with E-state index in [1.807, 2.05) is 13.8 Å². The van der Waals surface area contributed by atoms with Crippen LogP contribution in [0.3, 0.4) is 0 Å². The maximum atomic E-state index is 12.7. The SMILES string of the molecule is Cc1nc(C)c(C#N)c(SCC(=O)Nc2sc3c(c2C(=O)OC(C)C)CCCC3)n1. The maximum absolute atomic E-state index is 12.7. The van der Waals surface area contributed by atoms with Crippen molar-refractivity contribution in [2.75, 3.05) is 11.1 Å². The number of nitrogens with zero attached hydrogens (tertiary/aromatic N) is 3. The van der Waals surface area contributed by atoms with Gasteiger partial charge >= 0.3 is 5.97 Å². The predicted octanol–water partition coefficient (Wildman–Crippen LogP) is 4.20. The van der Waals surface area contributed by atoms with E-state index in [2.05, 4.69) is 21.4 Å². The van der Waals surface area contributed by atoms with E-state index in [0.29, 0.717) is 32.7 Å². The Labute approximate surface area is 184 Å². The van der Waals surface area contributed by atoms with Gasteiger partial charge in [0.05, 0.1) is 23.1 Å². The van der Waals surface area contributed by atoms with Crippen molar-refractivity contribution < 1.29 is 14.3 Å². The smallest absolute Gasteiger partial charge is 0.341 e. The van der Waals surface area contributed by atoms with Gasteiger partial charge in [0.1, 0.15) is 27.5 Å². The minimum absolute atomic E-state index is 0.0752. The summed E-state index contributed by atoms with van der Waals surface area (Å²) in [4.78, 5) is 35.0. The number of ether oxygens (including phenoxy) is 1. The molecule has 0 radical (unpaired) electrons. The standard InChI is InChI=1S/C21H24N4O3S2/c1-11(2)28-21(27)18-14-7-5-6-8-16(14)30-20(18)25-17(26)10-29-19-15(9-22)12(3)23-13(4)24-19/h11H,5-8,10H2,1-4H3,(H,25,26). The first-order valence-corrected chi connectivity index (χ1v) is 11.6. The Morgan fingerprint density at radius 3 is 2.70 bits per heavy atom. The van der Waals surface area contributed by atoms with Crippen molar-refractivity contribution in [1.29, 1.82) is 5.26 Å². The predicted molar refractivity (Wildman–Crippen MR) is 117 cm³/mol. The summed E-state index contributed by atoms with van der Waals surface area (Å²) in [6, 6.07) is 2.10. The number of fused-ring (bicyclic) bond motifs is 1. The number of thioether (sulfide) groups is 1. The van der Waals surface area contributed by atoms with E-state index in [4.69, 9.17) is 4.74 Å². The summed E-state index contributed by atoms with van der Waals surface area (Å²) in [6.07, 6.45) is 3.61. The molecule has 2 aromatic rings. The Morgan fingerprint density at radius 2 is 2.00 bits per heavy atom. The second kappa shape index (κ2) is 9.58. The molecule has 158 valence electrons. The molecule has 0 saturated heterocycles. The number of amides is 1. The van der Waals surface area contributed by atoms with E-state index >= 15 is 0 Å². The van der Waals surface area contributed by atoms with Gasteiger partial charge in [-0.1, -0.05) is 11.8 Å². The van der Waals surface area contributed by atoms with Gasteiger partial charge in [-0.15, -0.1) is 11.3 Å². The zero-order chi connectivity index (χ0) is 21.8. The van der Waals surface area contributed by atoms with Gasteiger partial charge in [0.2, 0.25) is 5.91 Å². The number of thiophene rings is 1. The summed E-state index contributed by atoms with van der Waals surface area (Å²) in [7, 11) is 0. The van der Waals surface area contributed by atoms with Crippen LogP contribution in [0, 0.1) is 25.2 Å². The molecule has 0 bridgehead atoms. The molecule has 0 aliphatic heterocycles. The minimum atomic E-state index is -0.388. The second-order valence-electron chi connectivity index (χ2n) is 7.35. The number of hydrogen-bond donors (Lipinski definition) is 1. The molecule has 1 aliphatic rings. The topological polar surface area (TPSA) is 105 Å². The molecular formula is C21H24N4O3S2. The van der Waals surface area contributed by atoms with Gasteiger partial charge in [-0.25, -0.2) is 14.8 Å². The third kappa shape index (κ3) is 4.99. The van der Waals surface area contributed by atoms with Crippen molar-refractivity contribution in [3.05, 3.63) is 33.1 Å².